The van der Waals surface area contributed by atoms with E-state index in [1.54, 1.807) is 18.2 Å². The first kappa shape index (κ1) is 20.4. The van der Waals surface area contributed by atoms with Crippen LogP contribution in [0.2, 0.25) is 5.02 Å². The number of H-pyrrole nitrogens is 1. The van der Waals surface area contributed by atoms with Crippen molar-refractivity contribution in [3.8, 4) is 17.3 Å². The van der Waals surface area contributed by atoms with Crippen LogP contribution in [0.1, 0.15) is 20.8 Å². The molecule has 0 bridgehead atoms. The highest BCUT2D eigenvalue weighted by Gasteiger charge is 2.32. The number of nitrogens with zero attached hydrogens (tertiary/aromatic N) is 3. The molecule has 0 saturated heterocycles. The molecule has 12 heteroatoms. The van der Waals surface area contributed by atoms with Gasteiger partial charge in [-0.05, 0) is 29.9 Å². The smallest absolute Gasteiger partial charge is 0.397 e. The lowest BCUT2D eigenvalue weighted by molar-refractivity contribution is -0.730. The molecule has 31 heavy (non-hydrogen) atoms. The Kier molecular flexibility index (Phi) is 4.88. The molecule has 0 aliphatic carbocycles. The number of fused-ring (bicyclic) bond motifs is 1. The summed E-state index contributed by atoms with van der Waals surface area (Å²) in [7, 11) is 1.53. The molecule has 3 heterocycles. The third-order valence-corrected chi connectivity index (χ3v) is 6.20. The van der Waals surface area contributed by atoms with Crippen molar-refractivity contribution < 1.29 is 14.0 Å². The molecule has 0 saturated carbocycles. The highest BCUT2D eigenvalue weighted by atomic mass is 35.5. The van der Waals surface area contributed by atoms with Crippen LogP contribution in [-0.2, 0) is 7.05 Å². The van der Waals surface area contributed by atoms with Gasteiger partial charge < -0.3 is 16.8 Å². The van der Waals surface area contributed by atoms with Crippen LogP contribution in [0.5, 0.6) is 0 Å². The molecule has 0 atom stereocenters. The minimum Gasteiger partial charge on any atom is -0.397 e. The van der Waals surface area contributed by atoms with Crippen molar-refractivity contribution in [2.75, 3.05) is 16.8 Å². The summed E-state index contributed by atoms with van der Waals surface area (Å²) >= 11 is 7.12. The summed E-state index contributed by atoms with van der Waals surface area (Å²) in [6, 6.07) is 7.06. The Morgan fingerprint density at radius 3 is 2.77 bits per heavy atom. The van der Waals surface area contributed by atoms with Crippen molar-refractivity contribution in [1.82, 2.24) is 10.3 Å². The minimum atomic E-state index is -0.725. The molecule has 0 radical (unpaired) electrons. The van der Waals surface area contributed by atoms with E-state index in [2.05, 4.69) is 15.6 Å². The summed E-state index contributed by atoms with van der Waals surface area (Å²) in [5.74, 6) is -0.585. The van der Waals surface area contributed by atoms with E-state index >= 15 is 0 Å². The predicted molar refractivity (Wildman–Crippen MR) is 117 cm³/mol. The molecule has 0 unspecified atom stereocenters. The maximum Gasteiger partial charge on any atom is 0.435 e. The number of hydrogen-bond acceptors (Lipinski definition) is 8. The highest BCUT2D eigenvalue weighted by molar-refractivity contribution is 7.21. The fourth-order valence-corrected chi connectivity index (χ4v) is 4.35. The minimum absolute atomic E-state index is 0.0254. The fraction of sp³-hybridized carbons (Fsp3) is 0.105. The van der Waals surface area contributed by atoms with Gasteiger partial charge in [0.15, 0.2) is 7.05 Å². The van der Waals surface area contributed by atoms with Crippen LogP contribution in [0, 0.1) is 18.3 Å². The fourth-order valence-electron chi connectivity index (χ4n) is 3.16. The van der Waals surface area contributed by atoms with Crippen LogP contribution in [0.4, 0.5) is 17.2 Å². The summed E-state index contributed by atoms with van der Waals surface area (Å²) < 4.78 is 6.11. The lowest BCUT2D eigenvalue weighted by atomic mass is 10.0. The lowest BCUT2D eigenvalue weighted by Gasteiger charge is -2.06. The Balaban J connectivity index is 1.92. The Morgan fingerprint density at radius 2 is 2.16 bits per heavy atom. The van der Waals surface area contributed by atoms with Crippen molar-refractivity contribution in [2.24, 2.45) is 7.05 Å². The van der Waals surface area contributed by atoms with Crippen LogP contribution in [0.25, 0.3) is 21.5 Å². The van der Waals surface area contributed by atoms with Gasteiger partial charge in [-0.1, -0.05) is 22.3 Å². The molecule has 6 N–H and O–H groups in total. The zero-order chi connectivity index (χ0) is 22.4. The number of carbonyl (C=O) groups is 1. The standard InChI is InChI=1S/C19H14ClN7O3S/c1-7-3-4-8(5-10(7)20)24-17(28)15-13(22)12-11(14-19(29)30-26-27(14)2)9(6-21)16(23)25-18(12)31-15/h3-5H,1-2H3,(H5-,22,23,24,25,26,28,29)/p+1. The zero-order valence-corrected chi connectivity index (χ0v) is 17.8. The van der Waals surface area contributed by atoms with Crippen molar-refractivity contribution in [3.05, 3.63) is 49.6 Å². The van der Waals surface area contributed by atoms with E-state index in [4.69, 9.17) is 27.6 Å². The number of carbonyl (C=O) groups excluding carboxylic acids is 1. The number of anilines is 3. The number of nitrogens with two attached hydrogens (primary N) is 2. The van der Waals surface area contributed by atoms with E-state index in [1.807, 2.05) is 13.0 Å². The number of pyridine rings is 1. The predicted octanol–water partition coefficient (Wildman–Crippen LogP) is 2.32. The Hall–Kier alpha value is -3.88. The Morgan fingerprint density at radius 1 is 1.42 bits per heavy atom. The summed E-state index contributed by atoms with van der Waals surface area (Å²) in [5, 5.41) is 15.5. The molecular weight excluding hydrogens is 442 g/mol. The summed E-state index contributed by atoms with van der Waals surface area (Å²) in [4.78, 5) is 29.9. The summed E-state index contributed by atoms with van der Waals surface area (Å²) in [6.45, 7) is 1.85. The second-order valence-electron chi connectivity index (χ2n) is 6.69. The van der Waals surface area contributed by atoms with Gasteiger partial charge in [-0.25, -0.2) is 9.78 Å². The first-order valence-corrected chi connectivity index (χ1v) is 9.99. The zero-order valence-electron chi connectivity index (χ0n) is 16.2. The van der Waals surface area contributed by atoms with E-state index < -0.39 is 11.5 Å². The average molecular weight is 457 g/mol. The van der Waals surface area contributed by atoms with Crippen LogP contribution < -0.4 is 27.1 Å². The molecule has 4 aromatic rings. The number of rotatable bonds is 3. The van der Waals surface area contributed by atoms with Gasteiger partial charge in [-0.3, -0.25) is 9.32 Å². The number of thiophene rings is 1. The van der Waals surface area contributed by atoms with Gasteiger partial charge in [0.05, 0.1) is 16.6 Å². The molecule has 1 aromatic carbocycles. The van der Waals surface area contributed by atoms with Crippen molar-refractivity contribution >= 4 is 56.3 Å². The number of halogens is 1. The van der Waals surface area contributed by atoms with E-state index in [0.717, 1.165) is 16.9 Å². The van der Waals surface area contributed by atoms with Crippen molar-refractivity contribution in [3.63, 3.8) is 0 Å². The third-order valence-electron chi connectivity index (χ3n) is 4.69. The lowest BCUT2D eigenvalue weighted by Crippen LogP contribution is -2.34. The summed E-state index contributed by atoms with van der Waals surface area (Å²) in [5.41, 5.74) is 13.1. The second kappa shape index (κ2) is 7.42. The normalized spacial score (nSPS) is 10.9. The van der Waals surface area contributed by atoms with Crippen LogP contribution >= 0.6 is 22.9 Å². The Bertz CT molecular complexity index is 1480. The second-order valence-corrected chi connectivity index (χ2v) is 8.10. The molecular formula is C19H15ClN7O3S+. The number of aryl methyl sites for hydroxylation is 2. The molecule has 0 fully saturated rings. The van der Waals surface area contributed by atoms with Gasteiger partial charge in [-0.15, -0.1) is 11.3 Å². The van der Waals surface area contributed by atoms with E-state index in [-0.39, 0.29) is 38.6 Å². The van der Waals surface area contributed by atoms with Crippen molar-refractivity contribution in [2.45, 2.75) is 6.92 Å². The van der Waals surface area contributed by atoms with Crippen molar-refractivity contribution in [1.29, 1.82) is 5.26 Å². The van der Waals surface area contributed by atoms with Crippen LogP contribution in [-0.4, -0.2) is 16.2 Å². The maximum absolute atomic E-state index is 12.9. The molecule has 0 aliphatic rings. The number of nitriles is 1. The quantitative estimate of drug-likeness (QED) is 0.343. The monoisotopic (exact) mass is 456 g/mol. The summed E-state index contributed by atoms with van der Waals surface area (Å²) in [6.07, 6.45) is 0. The molecule has 10 nitrogen and oxygen atoms in total. The number of benzene rings is 1. The first-order chi connectivity index (χ1) is 14.7. The highest BCUT2D eigenvalue weighted by Crippen LogP contribution is 2.41. The largest absolute Gasteiger partial charge is 0.435 e. The molecule has 0 aliphatic heterocycles. The van der Waals surface area contributed by atoms with Gasteiger partial charge >= 0.3 is 11.3 Å². The Labute approximate surface area is 183 Å². The van der Waals surface area contributed by atoms with Gasteiger partial charge in [0.2, 0.25) is 0 Å². The van der Waals surface area contributed by atoms with Crippen LogP contribution in [0.15, 0.2) is 27.5 Å². The first-order valence-electron chi connectivity index (χ1n) is 8.79. The number of aromatic amines is 1. The molecule has 0 spiro atoms. The molecule has 4 rings (SSSR count). The van der Waals surface area contributed by atoms with E-state index in [1.165, 1.54) is 11.7 Å². The number of aromatic nitrogens is 3. The number of amides is 1. The molecule has 3 aromatic heterocycles. The van der Waals surface area contributed by atoms with Crippen LogP contribution in [0.3, 0.4) is 0 Å². The third kappa shape index (κ3) is 3.27. The van der Waals surface area contributed by atoms with Gasteiger partial charge in [0.1, 0.15) is 27.2 Å². The van der Waals surface area contributed by atoms with E-state index in [9.17, 15) is 14.9 Å². The number of hydrogen-bond donors (Lipinski definition) is 4. The van der Waals surface area contributed by atoms with Gasteiger partial charge in [-0.2, -0.15) is 5.26 Å². The van der Waals surface area contributed by atoms with Gasteiger partial charge in [0.25, 0.3) is 5.91 Å². The molecule has 1 amide bonds. The SMILES string of the molecule is Cc1ccc(NC(=O)c2sc3nc(N)c(C#N)c(-c4c(=O)o[nH][n+]4C)c3c2N)cc1Cl. The number of nitrogens with one attached hydrogen (secondary N) is 2. The topological polar surface area (TPSA) is 168 Å². The molecule has 156 valence electrons. The van der Waals surface area contributed by atoms with E-state index in [0.29, 0.717) is 15.5 Å². The maximum atomic E-state index is 12.9. The average Bonchev–Trinajstić information content (AvgIpc) is 3.22. The van der Waals surface area contributed by atoms with Gasteiger partial charge in [0, 0.05) is 10.7 Å². The number of nitrogen functional groups attached to an aromatic ring is 2.